The highest BCUT2D eigenvalue weighted by atomic mass is 19.1. The second kappa shape index (κ2) is 5.99. The van der Waals surface area contributed by atoms with Gasteiger partial charge in [-0.3, -0.25) is 4.90 Å². The van der Waals surface area contributed by atoms with Crippen LogP contribution in [0.3, 0.4) is 0 Å². The van der Waals surface area contributed by atoms with Gasteiger partial charge in [-0.2, -0.15) is 0 Å². The van der Waals surface area contributed by atoms with Crippen LogP contribution in [0.4, 0.5) is 4.39 Å². The molecule has 0 bridgehead atoms. The van der Waals surface area contributed by atoms with E-state index in [1.807, 2.05) is 25.8 Å². The van der Waals surface area contributed by atoms with Crippen LogP contribution in [0.15, 0.2) is 23.4 Å². The van der Waals surface area contributed by atoms with E-state index in [2.05, 4.69) is 5.16 Å². The summed E-state index contributed by atoms with van der Waals surface area (Å²) in [5, 5.41) is 20.8. The number of aliphatic hydroxyl groups excluding tert-OH is 1. The lowest BCUT2D eigenvalue weighted by molar-refractivity contribution is 0.0733. The molecule has 19 heavy (non-hydrogen) atoms. The topological polar surface area (TPSA) is 82.1 Å². The molecule has 6 heteroatoms. The summed E-state index contributed by atoms with van der Waals surface area (Å²) in [6.45, 7) is 4.20. The highest BCUT2D eigenvalue weighted by Gasteiger charge is 2.22. The van der Waals surface area contributed by atoms with E-state index in [0.717, 1.165) is 0 Å². The fourth-order valence-corrected chi connectivity index (χ4v) is 1.56. The Hall–Kier alpha value is -1.66. The number of benzene rings is 1. The molecule has 0 saturated carbocycles. The fourth-order valence-electron chi connectivity index (χ4n) is 1.56. The molecule has 1 aromatic rings. The zero-order valence-corrected chi connectivity index (χ0v) is 11.4. The molecule has 0 atom stereocenters. The van der Waals surface area contributed by atoms with Crippen molar-refractivity contribution < 1.29 is 14.7 Å². The van der Waals surface area contributed by atoms with E-state index in [1.54, 1.807) is 6.07 Å². The van der Waals surface area contributed by atoms with Gasteiger partial charge >= 0.3 is 0 Å². The van der Waals surface area contributed by atoms with Crippen LogP contribution in [0.25, 0.3) is 0 Å². The molecule has 0 radical (unpaired) electrons. The average Bonchev–Trinajstić information content (AvgIpc) is 2.36. The molecule has 0 aliphatic heterocycles. The summed E-state index contributed by atoms with van der Waals surface area (Å²) in [6.07, 6.45) is 0. The van der Waals surface area contributed by atoms with E-state index in [9.17, 15) is 9.50 Å². The standard InChI is InChI=1S/C13H20FN3O2/c1-13(2,8-18)17(3)7-9-4-10(12(15)16-19)6-11(14)5-9/h4-6,18-19H,7-8H2,1-3H3,(H2,15,16). The molecular formula is C13H20FN3O2. The Bertz CT molecular complexity index is 475. The van der Waals surface area contributed by atoms with E-state index < -0.39 is 11.4 Å². The second-order valence-electron chi connectivity index (χ2n) is 5.16. The van der Waals surface area contributed by atoms with Gasteiger partial charge in [-0.15, -0.1) is 0 Å². The highest BCUT2D eigenvalue weighted by molar-refractivity contribution is 5.97. The Labute approximate surface area is 112 Å². The van der Waals surface area contributed by atoms with Gasteiger partial charge in [-0.25, -0.2) is 4.39 Å². The normalized spacial score (nSPS) is 13.1. The van der Waals surface area contributed by atoms with Gasteiger partial charge in [-0.05, 0) is 44.7 Å². The summed E-state index contributed by atoms with van der Waals surface area (Å²) < 4.78 is 13.5. The number of amidine groups is 1. The van der Waals surface area contributed by atoms with Gasteiger partial charge in [0.05, 0.1) is 6.61 Å². The highest BCUT2D eigenvalue weighted by Crippen LogP contribution is 2.17. The third-order valence-corrected chi connectivity index (χ3v) is 3.20. The first kappa shape index (κ1) is 15.4. The molecule has 4 N–H and O–H groups in total. The van der Waals surface area contributed by atoms with Crippen molar-refractivity contribution in [3.05, 3.63) is 35.1 Å². The van der Waals surface area contributed by atoms with Crippen molar-refractivity contribution in [1.29, 1.82) is 0 Å². The number of hydrogen-bond donors (Lipinski definition) is 3. The van der Waals surface area contributed by atoms with Crippen molar-refractivity contribution in [3.8, 4) is 0 Å². The zero-order valence-electron chi connectivity index (χ0n) is 11.4. The van der Waals surface area contributed by atoms with Crippen LogP contribution in [0, 0.1) is 5.82 Å². The Balaban J connectivity index is 2.99. The number of hydrogen-bond acceptors (Lipinski definition) is 4. The maximum absolute atomic E-state index is 13.5. The summed E-state index contributed by atoms with van der Waals surface area (Å²) >= 11 is 0. The predicted octanol–water partition coefficient (Wildman–Crippen LogP) is 1.12. The molecule has 0 unspecified atom stereocenters. The molecule has 0 saturated heterocycles. The van der Waals surface area contributed by atoms with E-state index in [0.29, 0.717) is 17.7 Å². The third kappa shape index (κ3) is 3.90. The maximum Gasteiger partial charge on any atom is 0.170 e. The molecule has 1 aromatic carbocycles. The minimum atomic E-state index is -0.450. The molecule has 0 fully saturated rings. The third-order valence-electron chi connectivity index (χ3n) is 3.20. The summed E-state index contributed by atoms with van der Waals surface area (Å²) in [4.78, 5) is 1.90. The molecule has 0 heterocycles. The number of rotatable bonds is 5. The smallest absolute Gasteiger partial charge is 0.170 e. The SMILES string of the molecule is CN(Cc1cc(F)cc(/C(N)=N/O)c1)C(C)(C)CO. The zero-order chi connectivity index (χ0) is 14.6. The lowest BCUT2D eigenvalue weighted by Crippen LogP contribution is -2.43. The molecule has 0 amide bonds. The molecular weight excluding hydrogens is 249 g/mol. The van der Waals surface area contributed by atoms with Crippen LogP contribution < -0.4 is 5.73 Å². The van der Waals surface area contributed by atoms with Crippen LogP contribution in [0.2, 0.25) is 0 Å². The van der Waals surface area contributed by atoms with Gasteiger partial charge < -0.3 is 16.0 Å². The van der Waals surface area contributed by atoms with E-state index in [1.165, 1.54) is 12.1 Å². The van der Waals surface area contributed by atoms with Crippen molar-refractivity contribution in [1.82, 2.24) is 4.90 Å². The van der Waals surface area contributed by atoms with Crippen LogP contribution >= 0.6 is 0 Å². The molecule has 0 aliphatic carbocycles. The first-order chi connectivity index (χ1) is 8.80. The minimum Gasteiger partial charge on any atom is -0.409 e. The van der Waals surface area contributed by atoms with E-state index in [4.69, 9.17) is 10.9 Å². The summed E-state index contributed by atoms with van der Waals surface area (Å²) in [5.74, 6) is -0.584. The first-order valence-electron chi connectivity index (χ1n) is 5.89. The lowest BCUT2D eigenvalue weighted by Gasteiger charge is -2.34. The minimum absolute atomic E-state index is 0.00803. The van der Waals surface area contributed by atoms with Gasteiger partial charge in [0.2, 0.25) is 0 Å². The number of halogens is 1. The quantitative estimate of drug-likeness (QED) is 0.324. The van der Waals surface area contributed by atoms with E-state index >= 15 is 0 Å². The van der Waals surface area contributed by atoms with Crippen LogP contribution in [-0.2, 0) is 6.54 Å². The van der Waals surface area contributed by atoms with Gasteiger partial charge in [0.15, 0.2) is 5.84 Å². The fraction of sp³-hybridized carbons (Fsp3) is 0.462. The van der Waals surface area contributed by atoms with Crippen molar-refractivity contribution in [2.45, 2.75) is 25.9 Å². The van der Waals surface area contributed by atoms with Gasteiger partial charge in [0.1, 0.15) is 5.82 Å². The van der Waals surface area contributed by atoms with Gasteiger partial charge in [0, 0.05) is 17.6 Å². The Morgan fingerprint density at radius 2 is 2.05 bits per heavy atom. The molecule has 106 valence electrons. The number of likely N-dealkylation sites (N-methyl/N-ethyl adjacent to an activating group) is 1. The van der Waals surface area contributed by atoms with Crippen LogP contribution in [0.5, 0.6) is 0 Å². The monoisotopic (exact) mass is 269 g/mol. The van der Waals surface area contributed by atoms with Gasteiger partial charge in [0.25, 0.3) is 0 Å². The molecule has 0 aromatic heterocycles. The van der Waals surface area contributed by atoms with Gasteiger partial charge in [-0.1, -0.05) is 5.16 Å². The summed E-state index contributed by atoms with van der Waals surface area (Å²) in [5.41, 5.74) is 6.05. The maximum atomic E-state index is 13.5. The molecule has 0 aliphatic rings. The van der Waals surface area contributed by atoms with Crippen LogP contribution in [0.1, 0.15) is 25.0 Å². The Kier molecular flexibility index (Phi) is 4.85. The molecule has 0 spiro atoms. The van der Waals surface area contributed by atoms with Crippen LogP contribution in [-0.4, -0.2) is 40.2 Å². The Morgan fingerprint density at radius 3 is 2.58 bits per heavy atom. The molecule has 5 nitrogen and oxygen atoms in total. The van der Waals surface area contributed by atoms with E-state index in [-0.39, 0.29) is 12.4 Å². The molecule has 1 rings (SSSR count). The largest absolute Gasteiger partial charge is 0.409 e. The number of nitrogens with zero attached hydrogens (tertiary/aromatic N) is 2. The second-order valence-corrected chi connectivity index (χ2v) is 5.16. The summed E-state index contributed by atoms with van der Waals surface area (Å²) in [6, 6.07) is 4.25. The van der Waals surface area contributed by atoms with Crippen molar-refractivity contribution in [2.24, 2.45) is 10.9 Å². The first-order valence-corrected chi connectivity index (χ1v) is 5.89. The number of aliphatic hydroxyl groups is 1. The predicted molar refractivity (Wildman–Crippen MR) is 71.5 cm³/mol. The average molecular weight is 269 g/mol. The van der Waals surface area contributed by atoms with Crippen molar-refractivity contribution in [2.75, 3.05) is 13.7 Å². The van der Waals surface area contributed by atoms with Crippen molar-refractivity contribution >= 4 is 5.84 Å². The number of oxime groups is 1. The Morgan fingerprint density at radius 1 is 1.42 bits per heavy atom. The lowest BCUT2D eigenvalue weighted by atomic mass is 10.0. The van der Waals surface area contributed by atoms with Crippen molar-refractivity contribution in [3.63, 3.8) is 0 Å². The number of nitrogens with two attached hydrogens (primary N) is 1. The summed E-state index contributed by atoms with van der Waals surface area (Å²) in [7, 11) is 1.84.